The molecular formula is C6H4FO2S. The highest BCUT2D eigenvalue weighted by Crippen LogP contribution is 2.11. The molecule has 0 spiro atoms. The Labute approximate surface area is 61.2 Å². The summed E-state index contributed by atoms with van der Waals surface area (Å²) in [4.78, 5) is 10.6. The van der Waals surface area contributed by atoms with E-state index in [0.717, 1.165) is 17.4 Å². The van der Waals surface area contributed by atoms with Crippen LogP contribution in [0.15, 0.2) is 6.07 Å². The van der Waals surface area contributed by atoms with Crippen LogP contribution in [0.3, 0.4) is 0 Å². The Morgan fingerprint density at radius 1 is 1.90 bits per heavy atom. The average Bonchev–Trinajstić information content (AvgIpc) is 2.34. The van der Waals surface area contributed by atoms with Crippen LogP contribution < -0.4 is 0 Å². The molecule has 2 nitrogen and oxygen atoms in total. The van der Waals surface area contributed by atoms with Gasteiger partial charge >= 0.3 is 5.97 Å². The first-order valence-electron chi connectivity index (χ1n) is 2.49. The van der Waals surface area contributed by atoms with E-state index in [4.69, 9.17) is 0 Å². The van der Waals surface area contributed by atoms with Crippen molar-refractivity contribution in [3.63, 3.8) is 0 Å². The van der Waals surface area contributed by atoms with E-state index in [1.165, 1.54) is 7.11 Å². The topological polar surface area (TPSA) is 26.3 Å². The van der Waals surface area contributed by atoms with Crippen molar-refractivity contribution < 1.29 is 13.9 Å². The number of halogens is 1. The molecule has 1 radical (unpaired) electrons. The van der Waals surface area contributed by atoms with E-state index in [-0.39, 0.29) is 5.56 Å². The first kappa shape index (κ1) is 7.21. The minimum atomic E-state index is -0.555. The average molecular weight is 159 g/mol. The zero-order valence-corrected chi connectivity index (χ0v) is 6.00. The van der Waals surface area contributed by atoms with E-state index in [1.807, 2.05) is 0 Å². The fraction of sp³-hybridized carbons (Fsp3) is 0.167. The quantitative estimate of drug-likeness (QED) is 0.580. The maximum Gasteiger partial charge on any atom is 0.339 e. The van der Waals surface area contributed by atoms with Crippen LogP contribution in [0.2, 0.25) is 0 Å². The maximum atomic E-state index is 12.2. The molecule has 0 amide bonds. The van der Waals surface area contributed by atoms with Crippen LogP contribution in [0.5, 0.6) is 0 Å². The fourth-order valence-electron chi connectivity index (χ4n) is 0.487. The smallest absolute Gasteiger partial charge is 0.339 e. The highest BCUT2D eigenvalue weighted by Gasteiger charge is 2.07. The number of carbonyl (C=O) groups is 1. The molecule has 0 atom stereocenters. The molecule has 1 aromatic heterocycles. The van der Waals surface area contributed by atoms with Crippen LogP contribution in [0, 0.1) is 10.5 Å². The molecule has 0 fully saturated rings. The van der Waals surface area contributed by atoms with Gasteiger partial charge in [-0.15, -0.1) is 11.3 Å². The number of rotatable bonds is 1. The second-order valence-corrected chi connectivity index (χ2v) is 2.36. The number of hydrogen-bond acceptors (Lipinski definition) is 3. The molecular weight excluding hydrogens is 155 g/mol. The Balaban J connectivity index is 2.85. The SMILES string of the molecule is COC(=O)c1[c]sc(F)c1. The van der Waals surface area contributed by atoms with E-state index >= 15 is 0 Å². The van der Waals surface area contributed by atoms with Gasteiger partial charge in [0.1, 0.15) is 0 Å². The number of esters is 1. The first-order chi connectivity index (χ1) is 4.74. The molecule has 10 heavy (non-hydrogen) atoms. The zero-order chi connectivity index (χ0) is 7.56. The molecule has 53 valence electrons. The number of carbonyl (C=O) groups excluding carboxylic acids is 1. The predicted octanol–water partition coefficient (Wildman–Crippen LogP) is 1.47. The van der Waals surface area contributed by atoms with Crippen molar-refractivity contribution in [2.45, 2.75) is 0 Å². The van der Waals surface area contributed by atoms with Crippen LogP contribution >= 0.6 is 11.3 Å². The normalized spacial score (nSPS) is 9.40. The molecule has 0 unspecified atom stereocenters. The highest BCUT2D eigenvalue weighted by atomic mass is 32.1. The lowest BCUT2D eigenvalue weighted by molar-refractivity contribution is 0.0600. The van der Waals surface area contributed by atoms with Crippen LogP contribution in [0.4, 0.5) is 4.39 Å². The van der Waals surface area contributed by atoms with Crippen molar-refractivity contribution in [2.24, 2.45) is 0 Å². The van der Waals surface area contributed by atoms with Gasteiger partial charge in [0.05, 0.1) is 18.1 Å². The maximum absolute atomic E-state index is 12.2. The summed E-state index contributed by atoms with van der Waals surface area (Å²) in [5, 5.41) is 2.02. The number of thiophene rings is 1. The summed E-state index contributed by atoms with van der Waals surface area (Å²) in [7, 11) is 1.24. The molecule has 4 heteroatoms. The third-order valence-corrected chi connectivity index (χ3v) is 1.56. The second kappa shape index (κ2) is 2.79. The van der Waals surface area contributed by atoms with Crippen LogP contribution in [0.1, 0.15) is 10.4 Å². The van der Waals surface area contributed by atoms with Crippen LogP contribution in [-0.2, 0) is 4.74 Å². The molecule has 0 N–H and O–H groups in total. The van der Waals surface area contributed by atoms with Gasteiger partial charge in [0.2, 0.25) is 0 Å². The second-order valence-electron chi connectivity index (χ2n) is 1.56. The molecule has 1 heterocycles. The third kappa shape index (κ3) is 1.33. The molecule has 0 aliphatic carbocycles. The first-order valence-corrected chi connectivity index (χ1v) is 3.31. The Kier molecular flexibility index (Phi) is 2.01. The summed E-state index contributed by atoms with van der Waals surface area (Å²) < 4.78 is 16.5. The van der Waals surface area contributed by atoms with Gasteiger partial charge in [-0.05, 0) is 0 Å². The number of hydrogen-bond donors (Lipinski definition) is 0. The van der Waals surface area contributed by atoms with E-state index in [2.05, 4.69) is 10.1 Å². The largest absolute Gasteiger partial charge is 0.465 e. The minimum Gasteiger partial charge on any atom is -0.465 e. The summed E-state index contributed by atoms with van der Waals surface area (Å²) in [6, 6.07) is 1.09. The van der Waals surface area contributed by atoms with Gasteiger partial charge in [-0.1, -0.05) is 0 Å². The standard InChI is InChI=1S/C6H4FO2S/c1-9-6(8)4-2-5(7)10-3-4/h2H,1H3. The molecule has 0 aromatic carbocycles. The lowest BCUT2D eigenvalue weighted by Gasteiger charge is -1.90. The fourth-order valence-corrected chi connectivity index (χ4v) is 1.01. The van der Waals surface area contributed by atoms with E-state index in [0.29, 0.717) is 0 Å². The Hall–Kier alpha value is -0.900. The zero-order valence-electron chi connectivity index (χ0n) is 5.18. The van der Waals surface area contributed by atoms with Crippen molar-refractivity contribution in [3.05, 3.63) is 22.1 Å². The molecule has 0 bridgehead atoms. The van der Waals surface area contributed by atoms with Gasteiger partial charge in [0, 0.05) is 6.07 Å². The Bertz CT molecular complexity index is 244. The number of methoxy groups -OCH3 is 1. The van der Waals surface area contributed by atoms with Gasteiger partial charge in [-0.25, -0.2) is 4.79 Å². The van der Waals surface area contributed by atoms with E-state index in [1.54, 1.807) is 0 Å². The summed E-state index contributed by atoms with van der Waals surface area (Å²) in [6.45, 7) is 0. The van der Waals surface area contributed by atoms with E-state index < -0.39 is 11.1 Å². The summed E-state index contributed by atoms with van der Waals surface area (Å²) >= 11 is 0.756. The summed E-state index contributed by atoms with van der Waals surface area (Å²) in [5.41, 5.74) is 0.144. The molecule has 1 rings (SSSR count). The highest BCUT2D eigenvalue weighted by molar-refractivity contribution is 7.08. The summed E-state index contributed by atoms with van der Waals surface area (Å²) in [6.07, 6.45) is 0. The molecule has 1 aromatic rings. The van der Waals surface area contributed by atoms with Crippen molar-refractivity contribution in [1.29, 1.82) is 0 Å². The Morgan fingerprint density at radius 3 is 3.00 bits per heavy atom. The van der Waals surface area contributed by atoms with Gasteiger partial charge in [0.25, 0.3) is 0 Å². The van der Waals surface area contributed by atoms with Gasteiger partial charge in [0.15, 0.2) is 5.13 Å². The number of ether oxygens (including phenoxy) is 1. The van der Waals surface area contributed by atoms with Gasteiger partial charge in [-0.3, -0.25) is 0 Å². The van der Waals surface area contributed by atoms with Crippen molar-refractivity contribution >= 4 is 17.3 Å². The lowest BCUT2D eigenvalue weighted by Crippen LogP contribution is -1.98. The van der Waals surface area contributed by atoms with Gasteiger partial charge < -0.3 is 4.74 Å². The predicted molar refractivity (Wildman–Crippen MR) is 34.5 cm³/mol. The molecule has 0 saturated heterocycles. The molecule has 0 saturated carbocycles. The monoisotopic (exact) mass is 159 g/mol. The van der Waals surface area contributed by atoms with Crippen molar-refractivity contribution in [2.75, 3.05) is 7.11 Å². The van der Waals surface area contributed by atoms with Gasteiger partial charge in [-0.2, -0.15) is 4.39 Å². The van der Waals surface area contributed by atoms with Crippen molar-refractivity contribution in [1.82, 2.24) is 0 Å². The van der Waals surface area contributed by atoms with E-state index in [9.17, 15) is 9.18 Å². The van der Waals surface area contributed by atoms with Crippen LogP contribution in [-0.4, -0.2) is 13.1 Å². The van der Waals surface area contributed by atoms with Crippen molar-refractivity contribution in [3.8, 4) is 0 Å². The molecule has 0 aliphatic rings. The van der Waals surface area contributed by atoms with Crippen LogP contribution in [0.25, 0.3) is 0 Å². The third-order valence-electron chi connectivity index (χ3n) is 0.922. The Morgan fingerprint density at radius 2 is 2.60 bits per heavy atom. The minimum absolute atomic E-state index is 0.144. The molecule has 0 aliphatic heterocycles. The lowest BCUT2D eigenvalue weighted by atomic mass is 10.3. The summed E-state index contributed by atoms with van der Waals surface area (Å²) in [5.74, 6) is -0.555.